The van der Waals surface area contributed by atoms with Crippen LogP contribution in [0, 0.1) is 0 Å². The second kappa shape index (κ2) is 8.82. The fourth-order valence-corrected chi connectivity index (χ4v) is 4.79. The van der Waals surface area contributed by atoms with Crippen LogP contribution in [-0.2, 0) is 4.79 Å². The average molecular weight is 408 g/mol. The summed E-state index contributed by atoms with van der Waals surface area (Å²) in [6, 6.07) is 17.2. The molecule has 150 valence electrons. The molecule has 1 unspecified atom stereocenters. The molecule has 2 heterocycles. The van der Waals surface area contributed by atoms with Gasteiger partial charge < -0.3 is 4.90 Å². The number of rotatable bonds is 5. The summed E-state index contributed by atoms with van der Waals surface area (Å²) >= 11 is 1.36. The van der Waals surface area contributed by atoms with Crippen LogP contribution in [0.2, 0.25) is 0 Å². The van der Waals surface area contributed by atoms with Crippen LogP contribution >= 0.6 is 11.8 Å². The monoisotopic (exact) mass is 407 g/mol. The lowest BCUT2D eigenvalue weighted by molar-refractivity contribution is -0.129. The second-order valence-corrected chi connectivity index (χ2v) is 8.35. The highest BCUT2D eigenvalue weighted by molar-refractivity contribution is 7.99. The zero-order valence-corrected chi connectivity index (χ0v) is 17.4. The zero-order chi connectivity index (χ0) is 20.2. The third-order valence-corrected chi connectivity index (χ3v) is 6.42. The summed E-state index contributed by atoms with van der Waals surface area (Å²) in [5, 5.41) is 1.19. The van der Waals surface area contributed by atoms with Crippen molar-refractivity contribution in [2.75, 3.05) is 18.8 Å². The number of hydrogen-bond acceptors (Lipinski definition) is 4. The molecular formula is C23H25N3O2S. The van der Waals surface area contributed by atoms with Crippen molar-refractivity contribution >= 4 is 28.6 Å². The van der Waals surface area contributed by atoms with Crippen molar-refractivity contribution in [3.63, 3.8) is 0 Å². The van der Waals surface area contributed by atoms with E-state index in [2.05, 4.69) is 0 Å². The molecule has 0 bridgehead atoms. The van der Waals surface area contributed by atoms with Crippen LogP contribution < -0.4 is 5.56 Å². The quantitative estimate of drug-likeness (QED) is 0.472. The highest BCUT2D eigenvalue weighted by atomic mass is 32.2. The molecule has 6 heteroatoms. The largest absolute Gasteiger partial charge is 0.342 e. The maximum atomic E-state index is 13.3. The molecule has 0 spiro atoms. The van der Waals surface area contributed by atoms with Crippen LogP contribution in [0.3, 0.4) is 0 Å². The molecule has 0 N–H and O–H groups in total. The van der Waals surface area contributed by atoms with Gasteiger partial charge in [-0.05, 0) is 43.9 Å². The normalized spacial score (nSPS) is 15.4. The van der Waals surface area contributed by atoms with Crippen molar-refractivity contribution in [2.45, 2.75) is 37.4 Å². The van der Waals surface area contributed by atoms with Crippen LogP contribution in [-0.4, -0.2) is 39.2 Å². The molecule has 4 rings (SSSR count). The van der Waals surface area contributed by atoms with Gasteiger partial charge in [-0.15, -0.1) is 0 Å². The average Bonchev–Trinajstić information content (AvgIpc) is 2.78. The van der Waals surface area contributed by atoms with E-state index in [-0.39, 0.29) is 17.5 Å². The number of para-hydroxylation sites is 1. The molecule has 1 aromatic heterocycles. The topological polar surface area (TPSA) is 55.2 Å². The lowest BCUT2D eigenvalue weighted by Crippen LogP contribution is -2.37. The Morgan fingerprint density at radius 2 is 1.72 bits per heavy atom. The summed E-state index contributed by atoms with van der Waals surface area (Å²) in [5.74, 6) is 0.419. The van der Waals surface area contributed by atoms with Gasteiger partial charge in [0.1, 0.15) is 0 Å². The molecule has 0 saturated carbocycles. The van der Waals surface area contributed by atoms with Crippen molar-refractivity contribution in [3.05, 3.63) is 70.5 Å². The third kappa shape index (κ3) is 4.22. The molecular weight excluding hydrogens is 382 g/mol. The molecule has 1 atom stereocenters. The Morgan fingerprint density at radius 1 is 1.03 bits per heavy atom. The number of carbonyl (C=O) groups excluding carboxylic acids is 1. The molecule has 1 aliphatic rings. The summed E-state index contributed by atoms with van der Waals surface area (Å²) in [5.41, 5.74) is 1.64. The number of likely N-dealkylation sites (tertiary alicyclic amines) is 1. The van der Waals surface area contributed by atoms with Gasteiger partial charge >= 0.3 is 0 Å². The standard InChI is InChI=1S/C23H25N3O2S/c1-17(18-10-4-2-5-11-18)26-22(28)19-12-6-7-13-20(19)24-23(26)29-16-21(27)25-14-8-3-9-15-25/h2,4-7,10-13,17H,3,8-9,14-16H2,1H3. The van der Waals surface area contributed by atoms with Crippen molar-refractivity contribution < 1.29 is 4.79 Å². The van der Waals surface area contributed by atoms with Gasteiger partial charge in [-0.25, -0.2) is 4.98 Å². The predicted molar refractivity (Wildman–Crippen MR) is 117 cm³/mol. The Hall–Kier alpha value is -2.60. The van der Waals surface area contributed by atoms with Gasteiger partial charge in [0.05, 0.1) is 22.7 Å². The van der Waals surface area contributed by atoms with E-state index in [1.807, 2.05) is 66.4 Å². The zero-order valence-electron chi connectivity index (χ0n) is 16.6. The SMILES string of the molecule is CC(c1ccccc1)n1c(SCC(=O)N2CCCCC2)nc2ccccc2c1=O. The van der Waals surface area contributed by atoms with Crippen LogP contribution in [0.1, 0.15) is 37.8 Å². The highest BCUT2D eigenvalue weighted by Crippen LogP contribution is 2.25. The molecule has 3 aromatic rings. The maximum absolute atomic E-state index is 13.3. The fourth-order valence-electron chi connectivity index (χ4n) is 3.81. The van der Waals surface area contributed by atoms with E-state index in [1.54, 1.807) is 4.57 Å². The molecule has 2 aromatic carbocycles. The number of fused-ring (bicyclic) bond motifs is 1. The van der Waals surface area contributed by atoms with Gasteiger partial charge in [0.2, 0.25) is 5.91 Å². The Bertz CT molecular complexity index is 1060. The Labute approximate surface area is 174 Å². The van der Waals surface area contributed by atoms with Gasteiger partial charge in [0.15, 0.2) is 5.16 Å². The number of thioether (sulfide) groups is 1. The smallest absolute Gasteiger partial charge is 0.262 e. The first-order valence-electron chi connectivity index (χ1n) is 10.1. The number of nitrogens with zero attached hydrogens (tertiary/aromatic N) is 3. The minimum atomic E-state index is -0.173. The second-order valence-electron chi connectivity index (χ2n) is 7.40. The first-order chi connectivity index (χ1) is 14.1. The van der Waals surface area contributed by atoms with Crippen LogP contribution in [0.15, 0.2) is 64.5 Å². The summed E-state index contributed by atoms with van der Waals surface area (Å²) in [4.78, 5) is 32.7. The molecule has 1 aliphatic heterocycles. The van der Waals surface area contributed by atoms with E-state index in [4.69, 9.17) is 4.98 Å². The summed E-state index contributed by atoms with van der Waals surface area (Å²) in [6.07, 6.45) is 3.33. The number of benzene rings is 2. The van der Waals surface area contributed by atoms with Gasteiger partial charge in [-0.1, -0.05) is 54.2 Å². The maximum Gasteiger partial charge on any atom is 0.262 e. The Kier molecular flexibility index (Phi) is 6.00. The van der Waals surface area contributed by atoms with E-state index in [0.717, 1.165) is 31.5 Å². The van der Waals surface area contributed by atoms with E-state index in [1.165, 1.54) is 18.2 Å². The first-order valence-corrected chi connectivity index (χ1v) is 11.1. The summed E-state index contributed by atoms with van der Waals surface area (Å²) in [6.45, 7) is 3.67. The summed E-state index contributed by atoms with van der Waals surface area (Å²) in [7, 11) is 0. The Morgan fingerprint density at radius 3 is 2.48 bits per heavy atom. The number of hydrogen-bond donors (Lipinski definition) is 0. The lowest BCUT2D eigenvalue weighted by Gasteiger charge is -2.27. The first kappa shape index (κ1) is 19.7. The minimum absolute atomic E-state index is 0.0696. The lowest BCUT2D eigenvalue weighted by atomic mass is 10.1. The number of piperidine rings is 1. The Balaban J connectivity index is 1.69. The van der Waals surface area contributed by atoms with Gasteiger partial charge in [-0.3, -0.25) is 14.2 Å². The minimum Gasteiger partial charge on any atom is -0.342 e. The molecule has 1 saturated heterocycles. The molecule has 29 heavy (non-hydrogen) atoms. The van der Waals surface area contributed by atoms with E-state index in [0.29, 0.717) is 21.8 Å². The molecule has 1 fully saturated rings. The molecule has 1 amide bonds. The molecule has 5 nitrogen and oxygen atoms in total. The predicted octanol–water partition coefficient (Wildman–Crippen LogP) is 4.11. The van der Waals surface area contributed by atoms with Crippen LogP contribution in [0.4, 0.5) is 0 Å². The molecule has 0 aliphatic carbocycles. The molecule has 0 radical (unpaired) electrons. The number of aromatic nitrogens is 2. The van der Waals surface area contributed by atoms with E-state index >= 15 is 0 Å². The fraction of sp³-hybridized carbons (Fsp3) is 0.348. The van der Waals surface area contributed by atoms with E-state index in [9.17, 15) is 9.59 Å². The van der Waals surface area contributed by atoms with Gasteiger partial charge in [-0.2, -0.15) is 0 Å². The van der Waals surface area contributed by atoms with E-state index < -0.39 is 0 Å². The highest BCUT2D eigenvalue weighted by Gasteiger charge is 2.21. The van der Waals surface area contributed by atoms with Crippen molar-refractivity contribution in [1.82, 2.24) is 14.5 Å². The van der Waals surface area contributed by atoms with Crippen molar-refractivity contribution in [3.8, 4) is 0 Å². The van der Waals surface area contributed by atoms with Crippen LogP contribution in [0.25, 0.3) is 10.9 Å². The van der Waals surface area contributed by atoms with Crippen molar-refractivity contribution in [2.24, 2.45) is 0 Å². The van der Waals surface area contributed by atoms with Crippen LogP contribution in [0.5, 0.6) is 0 Å². The number of carbonyl (C=O) groups is 1. The third-order valence-electron chi connectivity index (χ3n) is 5.48. The van der Waals surface area contributed by atoms with Gasteiger partial charge in [0, 0.05) is 13.1 Å². The summed E-state index contributed by atoms with van der Waals surface area (Å²) < 4.78 is 1.73. The number of amides is 1. The van der Waals surface area contributed by atoms with Gasteiger partial charge in [0.25, 0.3) is 5.56 Å². The van der Waals surface area contributed by atoms with Crippen molar-refractivity contribution in [1.29, 1.82) is 0 Å².